The van der Waals surface area contributed by atoms with Crippen LogP contribution in [0.1, 0.15) is 11.1 Å². The Kier molecular flexibility index (Phi) is 7.80. The summed E-state index contributed by atoms with van der Waals surface area (Å²) in [7, 11) is 3.74. The number of rotatable bonds is 8. The molecule has 0 radical (unpaired) electrons. The Balaban J connectivity index is 1.39. The van der Waals surface area contributed by atoms with Crippen molar-refractivity contribution >= 4 is 17.3 Å². The molecule has 0 amide bonds. The standard InChI is InChI=1S/C29H29N3O2/c1-30-29(31-25-15-9-17-27(19-25)33-21-23-11-5-3-6-12-23)32(2)26-16-10-18-28(20-26)34-22-24-13-7-4-8-14-24/h3-20H,21-22H2,1-2H3,(H,30,31). The molecule has 0 unspecified atom stereocenters. The summed E-state index contributed by atoms with van der Waals surface area (Å²) in [4.78, 5) is 6.45. The van der Waals surface area contributed by atoms with Gasteiger partial charge in [-0.25, -0.2) is 0 Å². The number of guanidine groups is 1. The molecule has 0 fully saturated rings. The van der Waals surface area contributed by atoms with Gasteiger partial charge in [-0.15, -0.1) is 0 Å². The first-order chi connectivity index (χ1) is 16.7. The first-order valence-corrected chi connectivity index (χ1v) is 11.2. The lowest BCUT2D eigenvalue weighted by atomic mass is 10.2. The van der Waals surface area contributed by atoms with Crippen molar-refractivity contribution in [3.8, 4) is 11.5 Å². The van der Waals surface area contributed by atoms with Crippen molar-refractivity contribution in [1.82, 2.24) is 0 Å². The van der Waals surface area contributed by atoms with Gasteiger partial charge in [-0.2, -0.15) is 0 Å². The minimum atomic E-state index is 0.523. The molecule has 5 heteroatoms. The molecular weight excluding hydrogens is 422 g/mol. The Morgan fingerprint density at radius 3 is 1.85 bits per heavy atom. The summed E-state index contributed by atoms with van der Waals surface area (Å²) in [6.07, 6.45) is 0. The van der Waals surface area contributed by atoms with Gasteiger partial charge in [0.25, 0.3) is 0 Å². The smallest absolute Gasteiger partial charge is 0.202 e. The normalized spacial score (nSPS) is 11.1. The zero-order valence-electron chi connectivity index (χ0n) is 19.5. The van der Waals surface area contributed by atoms with E-state index >= 15 is 0 Å². The molecular formula is C29H29N3O2. The Morgan fingerprint density at radius 2 is 1.26 bits per heavy atom. The van der Waals surface area contributed by atoms with Crippen molar-refractivity contribution in [3.05, 3.63) is 120 Å². The van der Waals surface area contributed by atoms with Gasteiger partial charge >= 0.3 is 0 Å². The monoisotopic (exact) mass is 451 g/mol. The second-order valence-corrected chi connectivity index (χ2v) is 7.80. The van der Waals surface area contributed by atoms with E-state index in [0.717, 1.165) is 34.0 Å². The number of hydrogen-bond acceptors (Lipinski definition) is 3. The van der Waals surface area contributed by atoms with Gasteiger partial charge in [-0.1, -0.05) is 72.8 Å². The second kappa shape index (κ2) is 11.6. The van der Waals surface area contributed by atoms with Crippen LogP contribution in [0.2, 0.25) is 0 Å². The Hall–Kier alpha value is -4.25. The number of nitrogens with one attached hydrogen (secondary N) is 1. The zero-order valence-corrected chi connectivity index (χ0v) is 19.5. The molecule has 0 spiro atoms. The molecule has 0 atom stereocenters. The van der Waals surface area contributed by atoms with Gasteiger partial charge in [0.05, 0.1) is 0 Å². The van der Waals surface area contributed by atoms with E-state index < -0.39 is 0 Å². The average Bonchev–Trinajstić information content (AvgIpc) is 2.90. The number of ether oxygens (including phenoxy) is 2. The number of aliphatic imine (C=N–C) groups is 1. The van der Waals surface area contributed by atoms with E-state index in [1.807, 2.05) is 96.9 Å². The molecule has 0 heterocycles. The van der Waals surface area contributed by atoms with Crippen molar-refractivity contribution in [2.45, 2.75) is 13.2 Å². The van der Waals surface area contributed by atoms with Crippen molar-refractivity contribution in [1.29, 1.82) is 0 Å². The highest BCUT2D eigenvalue weighted by molar-refractivity contribution is 6.05. The molecule has 4 aromatic rings. The van der Waals surface area contributed by atoms with Gasteiger partial charge in [0, 0.05) is 37.6 Å². The van der Waals surface area contributed by atoms with Crippen LogP contribution in [0.5, 0.6) is 11.5 Å². The first kappa shape index (κ1) is 22.9. The molecule has 0 aliphatic rings. The molecule has 0 aliphatic carbocycles. The number of benzene rings is 4. The maximum absolute atomic E-state index is 5.99. The molecule has 5 nitrogen and oxygen atoms in total. The molecule has 0 aromatic heterocycles. The van der Waals surface area contributed by atoms with Crippen LogP contribution in [-0.4, -0.2) is 20.1 Å². The van der Waals surface area contributed by atoms with Crippen molar-refractivity contribution in [2.75, 3.05) is 24.3 Å². The van der Waals surface area contributed by atoms with E-state index in [2.05, 4.69) is 34.6 Å². The van der Waals surface area contributed by atoms with E-state index in [1.165, 1.54) is 0 Å². The molecule has 4 rings (SSSR count). The quantitative estimate of drug-likeness (QED) is 0.249. The van der Waals surface area contributed by atoms with Gasteiger partial charge in [-0.05, 0) is 35.4 Å². The lowest BCUT2D eigenvalue weighted by Gasteiger charge is -2.23. The van der Waals surface area contributed by atoms with Gasteiger partial charge in [-0.3, -0.25) is 4.99 Å². The summed E-state index contributed by atoms with van der Waals surface area (Å²) >= 11 is 0. The summed E-state index contributed by atoms with van der Waals surface area (Å²) in [6.45, 7) is 1.05. The van der Waals surface area contributed by atoms with E-state index in [1.54, 1.807) is 7.05 Å². The van der Waals surface area contributed by atoms with Crippen LogP contribution in [0.3, 0.4) is 0 Å². The number of hydrogen-bond donors (Lipinski definition) is 1. The molecule has 0 aliphatic heterocycles. The molecule has 0 saturated heterocycles. The van der Waals surface area contributed by atoms with Crippen LogP contribution in [0.4, 0.5) is 11.4 Å². The Labute approximate surface area is 201 Å². The summed E-state index contributed by atoms with van der Waals surface area (Å²) in [5.41, 5.74) is 4.13. The fraction of sp³-hybridized carbons (Fsp3) is 0.138. The highest BCUT2D eigenvalue weighted by Crippen LogP contribution is 2.23. The van der Waals surface area contributed by atoms with Crippen LogP contribution in [-0.2, 0) is 13.2 Å². The highest BCUT2D eigenvalue weighted by Gasteiger charge is 2.11. The van der Waals surface area contributed by atoms with Crippen LogP contribution in [0, 0.1) is 0 Å². The average molecular weight is 452 g/mol. The Morgan fingerprint density at radius 1 is 0.706 bits per heavy atom. The van der Waals surface area contributed by atoms with E-state index in [4.69, 9.17) is 9.47 Å². The third-order valence-electron chi connectivity index (χ3n) is 5.32. The maximum atomic E-state index is 5.99. The van der Waals surface area contributed by atoms with Crippen molar-refractivity contribution in [2.24, 2.45) is 4.99 Å². The third kappa shape index (κ3) is 6.39. The zero-order chi connectivity index (χ0) is 23.6. The van der Waals surface area contributed by atoms with Gasteiger partial charge < -0.3 is 19.7 Å². The summed E-state index contributed by atoms with van der Waals surface area (Å²) in [6, 6.07) is 36.1. The number of anilines is 2. The summed E-state index contributed by atoms with van der Waals surface area (Å²) < 4.78 is 12.0. The summed E-state index contributed by atoms with van der Waals surface area (Å²) in [5.74, 6) is 2.31. The predicted octanol–water partition coefficient (Wildman–Crippen LogP) is 6.38. The van der Waals surface area contributed by atoms with Crippen LogP contribution >= 0.6 is 0 Å². The van der Waals surface area contributed by atoms with Crippen LogP contribution < -0.4 is 19.7 Å². The second-order valence-electron chi connectivity index (χ2n) is 7.80. The van der Waals surface area contributed by atoms with Crippen molar-refractivity contribution in [3.63, 3.8) is 0 Å². The Bertz CT molecular complexity index is 1210. The summed E-state index contributed by atoms with van der Waals surface area (Å²) in [5, 5.41) is 3.40. The minimum Gasteiger partial charge on any atom is -0.489 e. The lowest BCUT2D eigenvalue weighted by Crippen LogP contribution is -2.33. The molecule has 0 bridgehead atoms. The van der Waals surface area contributed by atoms with Gasteiger partial charge in [0.2, 0.25) is 5.96 Å². The van der Waals surface area contributed by atoms with Crippen molar-refractivity contribution < 1.29 is 9.47 Å². The van der Waals surface area contributed by atoms with E-state index in [0.29, 0.717) is 19.2 Å². The molecule has 4 aromatic carbocycles. The minimum absolute atomic E-state index is 0.523. The van der Waals surface area contributed by atoms with Gasteiger partial charge in [0.15, 0.2) is 0 Å². The van der Waals surface area contributed by atoms with Gasteiger partial charge in [0.1, 0.15) is 24.7 Å². The topological polar surface area (TPSA) is 46.1 Å². The lowest BCUT2D eigenvalue weighted by molar-refractivity contribution is 0.306. The predicted molar refractivity (Wildman–Crippen MR) is 140 cm³/mol. The first-order valence-electron chi connectivity index (χ1n) is 11.2. The fourth-order valence-corrected chi connectivity index (χ4v) is 3.47. The van der Waals surface area contributed by atoms with E-state index in [-0.39, 0.29) is 0 Å². The largest absolute Gasteiger partial charge is 0.489 e. The fourth-order valence-electron chi connectivity index (χ4n) is 3.47. The maximum Gasteiger partial charge on any atom is 0.202 e. The highest BCUT2D eigenvalue weighted by atomic mass is 16.5. The third-order valence-corrected chi connectivity index (χ3v) is 5.32. The molecule has 172 valence electrons. The molecule has 0 saturated carbocycles. The molecule has 34 heavy (non-hydrogen) atoms. The number of nitrogens with zero attached hydrogens (tertiary/aromatic N) is 2. The van der Waals surface area contributed by atoms with Crippen LogP contribution in [0.15, 0.2) is 114 Å². The molecule has 1 N–H and O–H groups in total. The van der Waals surface area contributed by atoms with E-state index in [9.17, 15) is 0 Å². The SMILES string of the molecule is CN=C(Nc1cccc(OCc2ccccc2)c1)N(C)c1cccc(OCc2ccccc2)c1. The van der Waals surface area contributed by atoms with Crippen LogP contribution in [0.25, 0.3) is 0 Å².